The number of para-hydroxylation sites is 1. The van der Waals surface area contributed by atoms with Crippen molar-refractivity contribution in [3.63, 3.8) is 0 Å². The largest absolute Gasteiger partial charge is 0.308 e. The smallest absolute Gasteiger partial charge is 0.237 e. The maximum atomic E-state index is 12.9. The molecular weight excluding hydrogens is 285 g/mol. The number of hydrogen-bond acceptors (Lipinski definition) is 2. The van der Waals surface area contributed by atoms with E-state index in [1.165, 1.54) is 29.5 Å². The molecule has 108 valence electrons. The number of hydrogen-bond donors (Lipinski definition) is 0. The number of halogens is 1. The topological polar surface area (TPSA) is 20.3 Å². The van der Waals surface area contributed by atoms with Gasteiger partial charge in [0.15, 0.2) is 0 Å². The Morgan fingerprint density at radius 1 is 1.24 bits per heavy atom. The van der Waals surface area contributed by atoms with Crippen LogP contribution in [0.25, 0.3) is 0 Å². The Balaban J connectivity index is 1.70. The van der Waals surface area contributed by atoms with Crippen LogP contribution in [-0.2, 0) is 11.2 Å². The summed E-state index contributed by atoms with van der Waals surface area (Å²) in [6.07, 6.45) is 0.906. The molecule has 0 fully saturated rings. The molecule has 2 aromatic rings. The molecule has 2 nitrogen and oxygen atoms in total. The zero-order valence-corrected chi connectivity index (χ0v) is 12.6. The van der Waals surface area contributed by atoms with E-state index in [0.717, 1.165) is 17.0 Å². The second-order valence-electron chi connectivity index (χ2n) is 5.19. The first-order chi connectivity index (χ1) is 10.1. The molecule has 4 heteroatoms. The molecule has 0 saturated heterocycles. The quantitative estimate of drug-likeness (QED) is 0.802. The molecule has 1 unspecified atom stereocenters. The molecule has 2 aromatic carbocycles. The van der Waals surface area contributed by atoms with Gasteiger partial charge in [0.1, 0.15) is 5.82 Å². The lowest BCUT2D eigenvalue weighted by atomic mass is 10.1. The number of amides is 1. The van der Waals surface area contributed by atoms with Gasteiger partial charge in [-0.1, -0.05) is 18.2 Å². The van der Waals surface area contributed by atoms with Crippen LogP contribution in [0.2, 0.25) is 0 Å². The lowest BCUT2D eigenvalue weighted by Crippen LogP contribution is -2.36. The highest BCUT2D eigenvalue weighted by Gasteiger charge is 2.30. The third-order valence-corrected chi connectivity index (χ3v) is 4.65. The minimum Gasteiger partial charge on any atom is -0.308 e. The highest BCUT2D eigenvalue weighted by atomic mass is 32.2. The second kappa shape index (κ2) is 5.90. The zero-order chi connectivity index (χ0) is 14.8. The molecule has 1 heterocycles. The van der Waals surface area contributed by atoms with Gasteiger partial charge in [0.2, 0.25) is 5.91 Å². The average molecular weight is 301 g/mol. The van der Waals surface area contributed by atoms with Gasteiger partial charge in [-0.15, -0.1) is 11.8 Å². The van der Waals surface area contributed by atoms with Gasteiger partial charge in [0.05, 0.1) is 5.75 Å². The fourth-order valence-corrected chi connectivity index (χ4v) is 3.45. The summed E-state index contributed by atoms with van der Waals surface area (Å²) >= 11 is 1.44. The van der Waals surface area contributed by atoms with Crippen LogP contribution < -0.4 is 4.90 Å². The highest BCUT2D eigenvalue weighted by molar-refractivity contribution is 8.00. The zero-order valence-electron chi connectivity index (χ0n) is 11.8. The maximum absolute atomic E-state index is 12.9. The minimum absolute atomic E-state index is 0.0989. The van der Waals surface area contributed by atoms with Crippen molar-refractivity contribution in [2.75, 3.05) is 10.7 Å². The molecule has 0 bridgehead atoms. The first kappa shape index (κ1) is 14.1. The molecular formula is C17H16FNOS. The summed E-state index contributed by atoms with van der Waals surface area (Å²) < 4.78 is 12.9. The summed E-state index contributed by atoms with van der Waals surface area (Å²) in [5, 5.41) is 0. The summed E-state index contributed by atoms with van der Waals surface area (Å²) in [5.41, 5.74) is 2.25. The SMILES string of the molecule is CC1Cc2ccccc2N1C(=O)CSc1ccc(F)cc1. The Labute approximate surface area is 128 Å². The van der Waals surface area contributed by atoms with E-state index in [1.54, 1.807) is 12.1 Å². The van der Waals surface area contributed by atoms with Gasteiger partial charge in [-0.25, -0.2) is 4.39 Å². The minimum atomic E-state index is -0.257. The van der Waals surface area contributed by atoms with Gasteiger partial charge >= 0.3 is 0 Å². The monoisotopic (exact) mass is 301 g/mol. The van der Waals surface area contributed by atoms with Crippen LogP contribution >= 0.6 is 11.8 Å². The summed E-state index contributed by atoms with van der Waals surface area (Å²) in [6, 6.07) is 14.5. The Morgan fingerprint density at radius 2 is 1.95 bits per heavy atom. The fourth-order valence-electron chi connectivity index (χ4n) is 2.69. The first-order valence-corrected chi connectivity index (χ1v) is 7.92. The molecule has 1 aliphatic heterocycles. The standard InChI is InChI=1S/C17H16FNOS/c1-12-10-13-4-2-3-5-16(13)19(12)17(20)11-21-15-8-6-14(18)7-9-15/h2-9,12H,10-11H2,1H3. The van der Waals surface area contributed by atoms with Crippen LogP contribution in [0.5, 0.6) is 0 Å². The number of rotatable bonds is 3. The number of carbonyl (C=O) groups is 1. The van der Waals surface area contributed by atoms with Gasteiger partial charge in [-0.2, -0.15) is 0 Å². The summed E-state index contributed by atoms with van der Waals surface area (Å²) in [4.78, 5) is 15.3. The van der Waals surface area contributed by atoms with Gasteiger partial charge in [0, 0.05) is 16.6 Å². The van der Waals surface area contributed by atoms with Crippen molar-refractivity contribution in [3.05, 3.63) is 59.9 Å². The maximum Gasteiger partial charge on any atom is 0.237 e. The molecule has 0 aliphatic carbocycles. The third kappa shape index (κ3) is 2.95. The van der Waals surface area contributed by atoms with Crippen molar-refractivity contribution in [2.24, 2.45) is 0 Å². The van der Waals surface area contributed by atoms with Crippen molar-refractivity contribution < 1.29 is 9.18 Å². The molecule has 3 rings (SSSR count). The van der Waals surface area contributed by atoms with Gasteiger partial charge < -0.3 is 4.90 Å². The molecule has 1 aliphatic rings. The van der Waals surface area contributed by atoms with Crippen molar-refractivity contribution >= 4 is 23.4 Å². The van der Waals surface area contributed by atoms with Gasteiger partial charge in [0.25, 0.3) is 0 Å². The van der Waals surface area contributed by atoms with E-state index in [0.29, 0.717) is 5.75 Å². The molecule has 0 N–H and O–H groups in total. The van der Waals surface area contributed by atoms with E-state index < -0.39 is 0 Å². The predicted molar refractivity (Wildman–Crippen MR) is 84.2 cm³/mol. The Bertz CT molecular complexity index is 656. The van der Waals surface area contributed by atoms with Crippen molar-refractivity contribution in [1.29, 1.82) is 0 Å². The van der Waals surface area contributed by atoms with Crippen LogP contribution in [0, 0.1) is 5.82 Å². The van der Waals surface area contributed by atoms with Crippen LogP contribution in [0.3, 0.4) is 0 Å². The second-order valence-corrected chi connectivity index (χ2v) is 6.24. The molecule has 0 spiro atoms. The van der Waals surface area contributed by atoms with E-state index in [-0.39, 0.29) is 17.8 Å². The first-order valence-electron chi connectivity index (χ1n) is 6.93. The summed E-state index contributed by atoms with van der Waals surface area (Å²) in [5.74, 6) is 0.208. The molecule has 0 radical (unpaired) electrons. The molecule has 0 aromatic heterocycles. The lowest BCUT2D eigenvalue weighted by Gasteiger charge is -2.22. The number of thioether (sulfide) groups is 1. The molecule has 1 atom stereocenters. The van der Waals surface area contributed by atoms with Gasteiger partial charge in [-0.3, -0.25) is 4.79 Å². The lowest BCUT2D eigenvalue weighted by molar-refractivity contribution is -0.116. The Hall–Kier alpha value is -1.81. The van der Waals surface area contributed by atoms with Crippen molar-refractivity contribution in [3.8, 4) is 0 Å². The number of fused-ring (bicyclic) bond motifs is 1. The summed E-state index contributed by atoms with van der Waals surface area (Å²) in [6.45, 7) is 2.07. The molecule has 1 amide bonds. The van der Waals surface area contributed by atoms with Gasteiger partial charge in [-0.05, 0) is 49.2 Å². The van der Waals surface area contributed by atoms with Crippen LogP contribution in [-0.4, -0.2) is 17.7 Å². The molecule has 0 saturated carbocycles. The average Bonchev–Trinajstić information content (AvgIpc) is 2.82. The number of anilines is 1. The molecule has 21 heavy (non-hydrogen) atoms. The Morgan fingerprint density at radius 3 is 2.71 bits per heavy atom. The van der Waals surface area contributed by atoms with Crippen molar-refractivity contribution in [2.45, 2.75) is 24.3 Å². The number of nitrogens with zero attached hydrogens (tertiary/aromatic N) is 1. The Kier molecular flexibility index (Phi) is 3.97. The highest BCUT2D eigenvalue weighted by Crippen LogP contribution is 2.32. The van der Waals surface area contributed by atoms with E-state index in [4.69, 9.17) is 0 Å². The predicted octanol–water partition coefficient (Wildman–Crippen LogP) is 3.90. The van der Waals surface area contributed by atoms with E-state index in [2.05, 4.69) is 13.0 Å². The normalized spacial score (nSPS) is 16.9. The van der Waals surface area contributed by atoms with Crippen LogP contribution in [0.4, 0.5) is 10.1 Å². The number of carbonyl (C=O) groups excluding carboxylic acids is 1. The third-order valence-electron chi connectivity index (χ3n) is 3.65. The fraction of sp³-hybridized carbons (Fsp3) is 0.235. The van der Waals surface area contributed by atoms with E-state index >= 15 is 0 Å². The number of benzene rings is 2. The van der Waals surface area contributed by atoms with Crippen LogP contribution in [0.15, 0.2) is 53.4 Å². The summed E-state index contributed by atoms with van der Waals surface area (Å²) in [7, 11) is 0. The van der Waals surface area contributed by atoms with E-state index in [1.807, 2.05) is 23.1 Å². The van der Waals surface area contributed by atoms with Crippen molar-refractivity contribution in [1.82, 2.24) is 0 Å². The van der Waals surface area contributed by atoms with Crippen LogP contribution in [0.1, 0.15) is 12.5 Å². The van der Waals surface area contributed by atoms with E-state index in [9.17, 15) is 9.18 Å².